The van der Waals surface area contributed by atoms with Crippen molar-refractivity contribution in [3.05, 3.63) is 64.7 Å². The van der Waals surface area contributed by atoms with E-state index in [1.54, 1.807) is 36.4 Å². The number of halogens is 1. The van der Waals surface area contributed by atoms with Crippen LogP contribution < -0.4 is 10.1 Å². The highest BCUT2D eigenvalue weighted by Gasteiger charge is 2.10. The van der Waals surface area contributed by atoms with E-state index in [-0.39, 0.29) is 12.5 Å². The highest BCUT2D eigenvalue weighted by atomic mass is 35.5. The predicted octanol–water partition coefficient (Wildman–Crippen LogP) is 4.37. The molecule has 0 fully saturated rings. The number of carbonyl (C=O) groups excluding carboxylic acids is 1. The number of amides is 1. The summed E-state index contributed by atoms with van der Waals surface area (Å²) in [6, 6.07) is 16.3. The smallest absolute Gasteiger partial charge is 0.264 e. The van der Waals surface area contributed by atoms with Crippen LogP contribution in [0, 0.1) is 11.3 Å². The molecule has 27 heavy (non-hydrogen) atoms. The van der Waals surface area contributed by atoms with Crippen LogP contribution in [0.4, 0.5) is 5.13 Å². The second kappa shape index (κ2) is 9.37. The predicted molar refractivity (Wildman–Crippen MR) is 106 cm³/mol. The van der Waals surface area contributed by atoms with Gasteiger partial charge in [0.1, 0.15) is 5.75 Å². The van der Waals surface area contributed by atoms with Crippen LogP contribution in [0.1, 0.15) is 11.1 Å². The molecular weight excluding hydrogens is 404 g/mol. The summed E-state index contributed by atoms with van der Waals surface area (Å²) in [6.07, 6.45) is 0. The lowest BCUT2D eigenvalue weighted by Crippen LogP contribution is -2.20. The van der Waals surface area contributed by atoms with Gasteiger partial charge in [0.2, 0.25) is 5.13 Å². The van der Waals surface area contributed by atoms with Crippen LogP contribution in [-0.4, -0.2) is 22.7 Å². The summed E-state index contributed by atoms with van der Waals surface area (Å²) < 4.78 is 6.12. The van der Waals surface area contributed by atoms with Gasteiger partial charge in [-0.25, -0.2) is 0 Å². The van der Waals surface area contributed by atoms with Crippen molar-refractivity contribution < 1.29 is 9.53 Å². The van der Waals surface area contributed by atoms with Crippen molar-refractivity contribution in [3.63, 3.8) is 0 Å². The number of nitriles is 1. The minimum atomic E-state index is -0.324. The van der Waals surface area contributed by atoms with Gasteiger partial charge < -0.3 is 4.74 Å². The summed E-state index contributed by atoms with van der Waals surface area (Å²) in [6.45, 7) is -0.145. The first-order valence-electron chi connectivity index (χ1n) is 7.76. The van der Waals surface area contributed by atoms with Gasteiger partial charge in [0, 0.05) is 10.8 Å². The molecule has 3 rings (SSSR count). The summed E-state index contributed by atoms with van der Waals surface area (Å²) in [4.78, 5) is 12.0. The Morgan fingerprint density at radius 2 is 2.07 bits per heavy atom. The summed E-state index contributed by atoms with van der Waals surface area (Å²) in [5, 5.41) is 20.4. The fraction of sp³-hybridized carbons (Fsp3) is 0.111. The molecule has 2 aromatic carbocycles. The summed E-state index contributed by atoms with van der Waals surface area (Å²) in [5.41, 5.74) is 1.71. The first kappa shape index (κ1) is 19.2. The molecule has 0 atom stereocenters. The van der Waals surface area contributed by atoms with Crippen LogP contribution in [-0.2, 0) is 10.5 Å². The Bertz CT molecular complexity index is 970. The average Bonchev–Trinajstić information content (AvgIpc) is 3.12. The van der Waals surface area contributed by atoms with Crippen LogP contribution in [0.15, 0.2) is 52.9 Å². The molecule has 3 aromatic rings. The largest absolute Gasteiger partial charge is 0.484 e. The van der Waals surface area contributed by atoms with Crippen LogP contribution in [0.5, 0.6) is 5.75 Å². The van der Waals surface area contributed by atoms with Gasteiger partial charge in [0.25, 0.3) is 5.91 Å². The minimum Gasteiger partial charge on any atom is -0.484 e. The van der Waals surface area contributed by atoms with Gasteiger partial charge in [0.05, 0.1) is 11.6 Å². The maximum Gasteiger partial charge on any atom is 0.264 e. The zero-order valence-corrected chi connectivity index (χ0v) is 16.3. The van der Waals surface area contributed by atoms with E-state index in [1.807, 2.05) is 12.1 Å². The van der Waals surface area contributed by atoms with E-state index >= 15 is 0 Å². The van der Waals surface area contributed by atoms with Gasteiger partial charge in [-0.2, -0.15) is 5.26 Å². The van der Waals surface area contributed by atoms with Gasteiger partial charge >= 0.3 is 0 Å². The fourth-order valence-corrected chi connectivity index (χ4v) is 3.90. The van der Waals surface area contributed by atoms with E-state index in [0.29, 0.717) is 27.2 Å². The summed E-state index contributed by atoms with van der Waals surface area (Å²) in [5.74, 6) is 0.898. The SMILES string of the molecule is N#Cc1ccc(CSc2nnc(NC(=O)COc3cccc(Cl)c3)s2)cc1. The molecule has 0 radical (unpaired) electrons. The van der Waals surface area contributed by atoms with Crippen molar-refractivity contribution in [2.24, 2.45) is 0 Å². The molecule has 0 aliphatic rings. The van der Waals surface area contributed by atoms with E-state index < -0.39 is 0 Å². The topological polar surface area (TPSA) is 87.9 Å². The van der Waals surface area contributed by atoms with Crippen molar-refractivity contribution in [3.8, 4) is 11.8 Å². The standard InChI is InChI=1S/C18H13ClN4O2S2/c19-14-2-1-3-15(8-14)25-10-16(24)21-17-22-23-18(27-17)26-11-13-6-4-12(9-20)5-7-13/h1-8H,10-11H2,(H,21,22,24). The molecule has 1 heterocycles. The zero-order chi connectivity index (χ0) is 19.1. The summed E-state index contributed by atoms with van der Waals surface area (Å²) in [7, 11) is 0. The maximum atomic E-state index is 12.0. The third kappa shape index (κ3) is 5.96. The van der Waals surface area contributed by atoms with Gasteiger partial charge in [-0.1, -0.05) is 52.9 Å². The first-order chi connectivity index (χ1) is 13.1. The van der Waals surface area contributed by atoms with E-state index in [4.69, 9.17) is 21.6 Å². The van der Waals surface area contributed by atoms with Crippen molar-refractivity contribution in [2.75, 3.05) is 11.9 Å². The number of anilines is 1. The van der Waals surface area contributed by atoms with E-state index in [2.05, 4.69) is 21.6 Å². The lowest BCUT2D eigenvalue weighted by atomic mass is 10.2. The molecule has 0 spiro atoms. The number of thioether (sulfide) groups is 1. The number of nitrogens with zero attached hydrogens (tertiary/aromatic N) is 3. The van der Waals surface area contributed by atoms with Crippen LogP contribution in [0.3, 0.4) is 0 Å². The van der Waals surface area contributed by atoms with Crippen LogP contribution in [0.2, 0.25) is 5.02 Å². The second-order valence-electron chi connectivity index (χ2n) is 5.26. The Balaban J connectivity index is 1.46. The van der Waals surface area contributed by atoms with Crippen molar-refractivity contribution in [1.82, 2.24) is 10.2 Å². The maximum absolute atomic E-state index is 12.0. The van der Waals surface area contributed by atoms with Crippen LogP contribution >= 0.6 is 34.7 Å². The Hall–Kier alpha value is -2.60. The summed E-state index contributed by atoms with van der Waals surface area (Å²) >= 11 is 8.67. The number of hydrogen-bond donors (Lipinski definition) is 1. The fourth-order valence-electron chi connectivity index (χ4n) is 2.00. The van der Waals surface area contributed by atoms with Crippen molar-refractivity contribution in [1.29, 1.82) is 5.26 Å². The number of carbonyl (C=O) groups is 1. The number of ether oxygens (including phenoxy) is 1. The number of hydrogen-bond acceptors (Lipinski definition) is 7. The Morgan fingerprint density at radius 3 is 2.81 bits per heavy atom. The first-order valence-corrected chi connectivity index (χ1v) is 9.94. The van der Waals surface area contributed by atoms with Gasteiger partial charge in [-0.15, -0.1) is 10.2 Å². The Labute approximate surface area is 169 Å². The third-order valence-corrected chi connectivity index (χ3v) is 5.54. The normalized spacial score (nSPS) is 10.2. The molecule has 1 aromatic heterocycles. The van der Waals surface area contributed by atoms with E-state index in [1.165, 1.54) is 23.1 Å². The van der Waals surface area contributed by atoms with Gasteiger partial charge in [0.15, 0.2) is 10.9 Å². The second-order valence-corrected chi connectivity index (χ2v) is 7.90. The van der Waals surface area contributed by atoms with Crippen molar-refractivity contribution in [2.45, 2.75) is 10.1 Å². The monoisotopic (exact) mass is 416 g/mol. The van der Waals surface area contributed by atoms with E-state index in [0.717, 1.165) is 9.90 Å². The average molecular weight is 417 g/mol. The molecule has 0 aliphatic carbocycles. The Kier molecular flexibility index (Phi) is 6.65. The molecule has 6 nitrogen and oxygen atoms in total. The molecular formula is C18H13ClN4O2S2. The molecule has 0 unspecified atom stereocenters. The van der Waals surface area contributed by atoms with Crippen LogP contribution in [0.25, 0.3) is 0 Å². The van der Waals surface area contributed by atoms with Gasteiger partial charge in [-0.05, 0) is 35.9 Å². The molecule has 0 saturated heterocycles. The molecule has 0 aliphatic heterocycles. The molecule has 0 bridgehead atoms. The number of aromatic nitrogens is 2. The lowest BCUT2D eigenvalue weighted by molar-refractivity contribution is -0.118. The molecule has 136 valence electrons. The number of nitrogens with one attached hydrogen (secondary N) is 1. The minimum absolute atomic E-state index is 0.145. The lowest BCUT2D eigenvalue weighted by Gasteiger charge is -2.05. The molecule has 1 N–H and O–H groups in total. The number of rotatable bonds is 7. The Morgan fingerprint density at radius 1 is 1.26 bits per heavy atom. The molecule has 0 saturated carbocycles. The quantitative estimate of drug-likeness (QED) is 0.454. The molecule has 1 amide bonds. The third-order valence-electron chi connectivity index (χ3n) is 3.26. The van der Waals surface area contributed by atoms with Crippen molar-refractivity contribution >= 4 is 45.7 Å². The highest BCUT2D eigenvalue weighted by molar-refractivity contribution is 8.00. The highest BCUT2D eigenvalue weighted by Crippen LogP contribution is 2.28. The number of benzene rings is 2. The van der Waals surface area contributed by atoms with E-state index in [9.17, 15) is 4.79 Å². The zero-order valence-electron chi connectivity index (χ0n) is 13.9. The molecule has 9 heteroatoms. The van der Waals surface area contributed by atoms with Gasteiger partial charge in [-0.3, -0.25) is 10.1 Å².